The standard InChI is InChI=1S/C15H16N2O4S/c1-4-21-15(20)12-9(2)8-11(22-12)16-13(18)10-6-5-7-17(3)14(10)19/h5-8H,4H2,1-3H3,(H,16,18). The molecule has 2 aromatic rings. The highest BCUT2D eigenvalue weighted by atomic mass is 32.1. The Morgan fingerprint density at radius 1 is 1.41 bits per heavy atom. The van der Waals surface area contributed by atoms with Crippen LogP contribution in [-0.2, 0) is 11.8 Å². The van der Waals surface area contributed by atoms with E-state index in [2.05, 4.69) is 5.32 Å². The van der Waals surface area contributed by atoms with Crippen LogP contribution in [0.5, 0.6) is 0 Å². The van der Waals surface area contributed by atoms with Crippen molar-refractivity contribution in [1.29, 1.82) is 0 Å². The van der Waals surface area contributed by atoms with E-state index in [0.717, 1.165) is 16.9 Å². The summed E-state index contributed by atoms with van der Waals surface area (Å²) < 4.78 is 6.28. The van der Waals surface area contributed by atoms with Crippen molar-refractivity contribution in [1.82, 2.24) is 4.57 Å². The van der Waals surface area contributed by atoms with Gasteiger partial charge in [0.2, 0.25) is 0 Å². The molecule has 0 atom stereocenters. The van der Waals surface area contributed by atoms with E-state index in [4.69, 9.17) is 4.74 Å². The third kappa shape index (κ3) is 3.25. The Morgan fingerprint density at radius 3 is 2.82 bits per heavy atom. The van der Waals surface area contributed by atoms with Crippen LogP contribution in [0.1, 0.15) is 32.5 Å². The first kappa shape index (κ1) is 16.0. The zero-order valence-electron chi connectivity index (χ0n) is 12.5. The average molecular weight is 320 g/mol. The number of carbonyl (C=O) groups excluding carboxylic acids is 2. The topological polar surface area (TPSA) is 77.4 Å². The van der Waals surface area contributed by atoms with Crippen molar-refractivity contribution in [3.63, 3.8) is 0 Å². The molecule has 0 aliphatic rings. The van der Waals surface area contributed by atoms with Gasteiger partial charge in [0.05, 0.1) is 11.6 Å². The number of hydrogen-bond acceptors (Lipinski definition) is 5. The van der Waals surface area contributed by atoms with Crippen LogP contribution in [0.15, 0.2) is 29.2 Å². The molecule has 0 saturated carbocycles. The maximum absolute atomic E-state index is 12.2. The number of nitrogens with zero attached hydrogens (tertiary/aromatic N) is 1. The van der Waals surface area contributed by atoms with Crippen molar-refractivity contribution in [2.75, 3.05) is 11.9 Å². The number of pyridine rings is 1. The maximum atomic E-state index is 12.2. The number of anilines is 1. The fraction of sp³-hybridized carbons (Fsp3) is 0.267. The first-order valence-corrected chi connectivity index (χ1v) is 7.50. The molecule has 0 aliphatic heterocycles. The molecular weight excluding hydrogens is 304 g/mol. The van der Waals surface area contributed by atoms with Gasteiger partial charge < -0.3 is 14.6 Å². The summed E-state index contributed by atoms with van der Waals surface area (Å²) in [6.45, 7) is 3.78. The molecule has 1 N–H and O–H groups in total. The zero-order valence-corrected chi connectivity index (χ0v) is 13.3. The Balaban J connectivity index is 2.23. The lowest BCUT2D eigenvalue weighted by molar-refractivity contribution is 0.0531. The number of nitrogens with one attached hydrogen (secondary N) is 1. The van der Waals surface area contributed by atoms with E-state index in [0.29, 0.717) is 9.88 Å². The minimum Gasteiger partial charge on any atom is -0.462 e. The Morgan fingerprint density at radius 2 is 2.14 bits per heavy atom. The predicted octanol–water partition coefficient (Wildman–Crippen LogP) is 2.18. The van der Waals surface area contributed by atoms with E-state index in [1.807, 2.05) is 0 Å². The van der Waals surface area contributed by atoms with Gasteiger partial charge >= 0.3 is 5.97 Å². The molecule has 0 aromatic carbocycles. The van der Waals surface area contributed by atoms with Gasteiger partial charge in [0.15, 0.2) is 0 Å². The number of ether oxygens (including phenoxy) is 1. The number of esters is 1. The summed E-state index contributed by atoms with van der Waals surface area (Å²) in [4.78, 5) is 36.3. The number of aryl methyl sites for hydroxylation is 2. The van der Waals surface area contributed by atoms with Gasteiger partial charge in [0.25, 0.3) is 11.5 Å². The summed E-state index contributed by atoms with van der Waals surface area (Å²) in [5.74, 6) is -0.918. The van der Waals surface area contributed by atoms with Crippen LogP contribution in [0.3, 0.4) is 0 Å². The van der Waals surface area contributed by atoms with Gasteiger partial charge in [0, 0.05) is 13.2 Å². The molecule has 1 amide bonds. The molecule has 2 rings (SSSR count). The first-order chi connectivity index (χ1) is 10.4. The number of hydrogen-bond donors (Lipinski definition) is 1. The Bertz CT molecular complexity index is 776. The highest BCUT2D eigenvalue weighted by molar-refractivity contribution is 7.18. The lowest BCUT2D eigenvalue weighted by Crippen LogP contribution is -2.26. The first-order valence-electron chi connectivity index (χ1n) is 6.68. The molecule has 0 spiro atoms. The third-order valence-electron chi connectivity index (χ3n) is 2.98. The van der Waals surface area contributed by atoms with Crippen LogP contribution in [0.25, 0.3) is 0 Å². The molecule has 0 aliphatic carbocycles. The Labute approximate surface area is 131 Å². The van der Waals surface area contributed by atoms with Crippen molar-refractivity contribution in [3.05, 3.63) is 50.8 Å². The number of carbonyl (C=O) groups is 2. The van der Waals surface area contributed by atoms with E-state index in [-0.39, 0.29) is 17.7 Å². The molecule has 0 bridgehead atoms. The highest BCUT2D eigenvalue weighted by Crippen LogP contribution is 2.27. The molecule has 116 valence electrons. The summed E-state index contributed by atoms with van der Waals surface area (Å²) in [5.41, 5.74) is 0.396. The fourth-order valence-corrected chi connectivity index (χ4v) is 2.85. The lowest BCUT2D eigenvalue weighted by Gasteiger charge is -2.03. The van der Waals surface area contributed by atoms with Gasteiger partial charge in [-0.2, -0.15) is 0 Å². The van der Waals surface area contributed by atoms with Gasteiger partial charge in [-0.1, -0.05) is 0 Å². The molecule has 0 fully saturated rings. The summed E-state index contributed by atoms with van der Waals surface area (Å²) in [6.07, 6.45) is 1.58. The van der Waals surface area contributed by atoms with Crippen molar-refractivity contribution in [2.24, 2.45) is 7.05 Å². The number of amides is 1. The van der Waals surface area contributed by atoms with E-state index in [1.165, 1.54) is 10.6 Å². The van der Waals surface area contributed by atoms with Gasteiger partial charge in [-0.25, -0.2) is 4.79 Å². The van der Waals surface area contributed by atoms with E-state index < -0.39 is 11.9 Å². The highest BCUT2D eigenvalue weighted by Gasteiger charge is 2.17. The van der Waals surface area contributed by atoms with Crippen molar-refractivity contribution in [3.8, 4) is 0 Å². The summed E-state index contributed by atoms with van der Waals surface area (Å²) >= 11 is 1.13. The van der Waals surface area contributed by atoms with Crippen LogP contribution in [0, 0.1) is 6.92 Å². The number of rotatable bonds is 4. The van der Waals surface area contributed by atoms with E-state index in [1.54, 1.807) is 39.2 Å². The van der Waals surface area contributed by atoms with Crippen LogP contribution in [-0.4, -0.2) is 23.1 Å². The second-order valence-electron chi connectivity index (χ2n) is 4.64. The summed E-state index contributed by atoms with van der Waals surface area (Å²) in [6, 6.07) is 4.77. The minimum atomic E-state index is -0.502. The normalized spacial score (nSPS) is 10.3. The van der Waals surface area contributed by atoms with E-state index >= 15 is 0 Å². The molecule has 0 unspecified atom stereocenters. The second-order valence-corrected chi connectivity index (χ2v) is 5.69. The number of thiophene rings is 1. The average Bonchev–Trinajstić information content (AvgIpc) is 2.82. The maximum Gasteiger partial charge on any atom is 0.348 e. The molecule has 2 aromatic heterocycles. The molecule has 0 radical (unpaired) electrons. The second kappa shape index (κ2) is 6.57. The van der Waals surface area contributed by atoms with Crippen molar-refractivity contribution >= 4 is 28.2 Å². The van der Waals surface area contributed by atoms with Gasteiger partial charge in [0.1, 0.15) is 10.4 Å². The smallest absolute Gasteiger partial charge is 0.348 e. The molecule has 7 heteroatoms. The molecule has 2 heterocycles. The molecular formula is C15H16N2O4S. The Hall–Kier alpha value is -2.41. The minimum absolute atomic E-state index is 0.0498. The lowest BCUT2D eigenvalue weighted by atomic mass is 10.2. The monoisotopic (exact) mass is 320 g/mol. The van der Waals surface area contributed by atoms with E-state index in [9.17, 15) is 14.4 Å². The summed E-state index contributed by atoms with van der Waals surface area (Å²) in [7, 11) is 1.58. The molecule has 6 nitrogen and oxygen atoms in total. The van der Waals surface area contributed by atoms with Crippen LogP contribution < -0.4 is 10.9 Å². The third-order valence-corrected chi connectivity index (χ3v) is 4.12. The van der Waals surface area contributed by atoms with Gasteiger partial charge in [-0.05, 0) is 37.6 Å². The van der Waals surface area contributed by atoms with Crippen LogP contribution in [0.4, 0.5) is 5.00 Å². The van der Waals surface area contributed by atoms with Crippen LogP contribution >= 0.6 is 11.3 Å². The van der Waals surface area contributed by atoms with Gasteiger partial charge in [-0.15, -0.1) is 11.3 Å². The van der Waals surface area contributed by atoms with Gasteiger partial charge in [-0.3, -0.25) is 9.59 Å². The molecule has 0 saturated heterocycles. The predicted molar refractivity (Wildman–Crippen MR) is 84.6 cm³/mol. The SMILES string of the molecule is CCOC(=O)c1sc(NC(=O)c2cccn(C)c2=O)cc1C. The summed E-state index contributed by atoms with van der Waals surface area (Å²) in [5, 5.41) is 3.14. The fourth-order valence-electron chi connectivity index (χ4n) is 1.89. The quantitative estimate of drug-likeness (QED) is 0.876. The van der Waals surface area contributed by atoms with Crippen LogP contribution in [0.2, 0.25) is 0 Å². The van der Waals surface area contributed by atoms with Crippen molar-refractivity contribution < 1.29 is 14.3 Å². The zero-order chi connectivity index (χ0) is 16.3. The number of aromatic nitrogens is 1. The van der Waals surface area contributed by atoms with Crippen molar-refractivity contribution in [2.45, 2.75) is 13.8 Å². The largest absolute Gasteiger partial charge is 0.462 e. The molecule has 22 heavy (non-hydrogen) atoms. The Kier molecular flexibility index (Phi) is 4.77.